The summed E-state index contributed by atoms with van der Waals surface area (Å²) in [4.78, 5) is 12.9. The molecule has 1 aliphatic heterocycles. The molecule has 0 saturated carbocycles. The highest BCUT2D eigenvalue weighted by Gasteiger charge is 2.17. The summed E-state index contributed by atoms with van der Waals surface area (Å²) in [5.41, 5.74) is 2.28. The van der Waals surface area contributed by atoms with Crippen molar-refractivity contribution >= 4 is 17.1 Å². The van der Waals surface area contributed by atoms with Crippen LogP contribution in [-0.2, 0) is 11.3 Å². The van der Waals surface area contributed by atoms with Crippen LogP contribution < -0.4 is 15.0 Å². The van der Waals surface area contributed by atoms with E-state index in [1.54, 1.807) is 6.92 Å². The molecule has 2 N–H and O–H groups in total. The van der Waals surface area contributed by atoms with Crippen LogP contribution in [0.15, 0.2) is 36.4 Å². The highest BCUT2D eigenvalue weighted by molar-refractivity contribution is 5.58. The van der Waals surface area contributed by atoms with Gasteiger partial charge in [-0.3, -0.25) is 10.1 Å². The average molecular weight is 373 g/mol. The van der Waals surface area contributed by atoms with E-state index in [4.69, 9.17) is 9.47 Å². The molecule has 0 atom stereocenters. The molecule has 0 radical (unpaired) electrons. The first kappa shape index (κ1) is 18.8. The third-order valence-corrected chi connectivity index (χ3v) is 4.38. The minimum Gasteiger partial charge on any atom is -0.504 e. The summed E-state index contributed by atoms with van der Waals surface area (Å²) >= 11 is 0. The Morgan fingerprint density at radius 3 is 2.59 bits per heavy atom. The Labute approximate surface area is 157 Å². The monoisotopic (exact) mass is 373 g/mol. The minimum atomic E-state index is -0.497. The number of benzene rings is 2. The summed E-state index contributed by atoms with van der Waals surface area (Å²) in [5, 5.41) is 24.6. The summed E-state index contributed by atoms with van der Waals surface area (Å²) in [6, 6.07) is 10.5. The zero-order valence-corrected chi connectivity index (χ0v) is 15.2. The Morgan fingerprint density at radius 2 is 1.96 bits per heavy atom. The first-order valence-corrected chi connectivity index (χ1v) is 8.88. The Kier molecular flexibility index (Phi) is 5.97. The topological polar surface area (TPSA) is 97.1 Å². The second kappa shape index (κ2) is 8.59. The van der Waals surface area contributed by atoms with Crippen molar-refractivity contribution in [3.05, 3.63) is 52.1 Å². The Hall–Kier alpha value is -3.00. The summed E-state index contributed by atoms with van der Waals surface area (Å²) in [7, 11) is 0. The summed E-state index contributed by atoms with van der Waals surface area (Å²) in [5.74, 6) is 0.0334. The molecule has 3 rings (SSSR count). The number of nitrogens with one attached hydrogen (secondary N) is 1. The molecule has 1 fully saturated rings. The van der Waals surface area contributed by atoms with Crippen LogP contribution in [0.3, 0.4) is 0 Å². The fourth-order valence-corrected chi connectivity index (χ4v) is 2.96. The van der Waals surface area contributed by atoms with Gasteiger partial charge in [-0.1, -0.05) is 0 Å². The molecule has 0 unspecified atom stereocenters. The molecule has 0 aliphatic carbocycles. The predicted octanol–water partition coefficient (Wildman–Crippen LogP) is 3.15. The van der Waals surface area contributed by atoms with Gasteiger partial charge in [0.2, 0.25) is 0 Å². The van der Waals surface area contributed by atoms with Crippen molar-refractivity contribution in [1.29, 1.82) is 0 Å². The number of hydrogen-bond donors (Lipinski definition) is 2. The number of phenolic OH excluding ortho intramolecular Hbond substituents is 1. The first-order valence-electron chi connectivity index (χ1n) is 8.88. The van der Waals surface area contributed by atoms with Crippen molar-refractivity contribution in [1.82, 2.24) is 0 Å². The third kappa shape index (κ3) is 4.59. The molecule has 27 heavy (non-hydrogen) atoms. The van der Waals surface area contributed by atoms with Gasteiger partial charge < -0.3 is 24.8 Å². The van der Waals surface area contributed by atoms with Crippen molar-refractivity contribution in [3.63, 3.8) is 0 Å². The third-order valence-electron chi connectivity index (χ3n) is 4.38. The fourth-order valence-electron chi connectivity index (χ4n) is 2.96. The molecule has 8 nitrogen and oxygen atoms in total. The van der Waals surface area contributed by atoms with Gasteiger partial charge in [0.25, 0.3) is 5.69 Å². The smallest absolute Gasteiger partial charge is 0.273 e. The number of hydrogen-bond acceptors (Lipinski definition) is 7. The quantitative estimate of drug-likeness (QED) is 0.568. The van der Waals surface area contributed by atoms with Crippen molar-refractivity contribution < 1.29 is 19.5 Å². The maximum absolute atomic E-state index is 11.1. The molecule has 8 heteroatoms. The van der Waals surface area contributed by atoms with Crippen molar-refractivity contribution in [3.8, 4) is 11.5 Å². The molecule has 144 valence electrons. The van der Waals surface area contributed by atoms with Gasteiger partial charge in [0.15, 0.2) is 11.5 Å². The number of morpholine rings is 1. The van der Waals surface area contributed by atoms with E-state index in [-0.39, 0.29) is 23.7 Å². The van der Waals surface area contributed by atoms with Gasteiger partial charge in [-0.25, -0.2) is 0 Å². The van der Waals surface area contributed by atoms with Gasteiger partial charge in [0.1, 0.15) is 0 Å². The zero-order chi connectivity index (χ0) is 19.2. The van der Waals surface area contributed by atoms with Gasteiger partial charge in [0.05, 0.1) is 30.8 Å². The highest BCUT2D eigenvalue weighted by Crippen LogP contribution is 2.35. The van der Waals surface area contributed by atoms with E-state index in [9.17, 15) is 15.2 Å². The second-order valence-electron chi connectivity index (χ2n) is 6.14. The summed E-state index contributed by atoms with van der Waals surface area (Å²) in [6.07, 6.45) is 0. The molecule has 1 heterocycles. The molecule has 0 spiro atoms. The Balaban J connectivity index is 1.71. The SMILES string of the molecule is CCOc1cc([N+](=O)[O-])cc(CNc2ccc(N3CCOCC3)cc2)c1O. The van der Waals surface area contributed by atoms with Crippen LogP contribution in [-0.4, -0.2) is 42.9 Å². The number of ether oxygens (including phenoxy) is 2. The zero-order valence-electron chi connectivity index (χ0n) is 15.2. The average Bonchev–Trinajstić information content (AvgIpc) is 2.69. The molecule has 1 saturated heterocycles. The number of nitrogens with zero attached hydrogens (tertiary/aromatic N) is 2. The minimum absolute atomic E-state index is 0.0834. The standard InChI is InChI=1S/C19H23N3O5/c1-2-27-18-12-17(22(24)25)11-14(19(18)23)13-20-15-3-5-16(6-4-15)21-7-9-26-10-8-21/h3-6,11-12,20,23H,2,7-10,13H2,1H3. The first-order chi connectivity index (χ1) is 13.1. The highest BCUT2D eigenvalue weighted by atomic mass is 16.6. The number of phenols is 1. The van der Waals surface area contributed by atoms with Crippen LogP contribution in [0.2, 0.25) is 0 Å². The Morgan fingerprint density at radius 1 is 1.26 bits per heavy atom. The summed E-state index contributed by atoms with van der Waals surface area (Å²) < 4.78 is 10.7. The lowest BCUT2D eigenvalue weighted by Gasteiger charge is -2.29. The van der Waals surface area contributed by atoms with E-state index in [0.29, 0.717) is 12.2 Å². The van der Waals surface area contributed by atoms with Crippen LogP contribution in [0, 0.1) is 10.1 Å². The van der Waals surface area contributed by atoms with Crippen LogP contribution >= 0.6 is 0 Å². The fraction of sp³-hybridized carbons (Fsp3) is 0.368. The van der Waals surface area contributed by atoms with Crippen LogP contribution in [0.25, 0.3) is 0 Å². The van der Waals surface area contributed by atoms with E-state index >= 15 is 0 Å². The molecule has 0 bridgehead atoms. The van der Waals surface area contributed by atoms with Gasteiger partial charge in [-0.05, 0) is 31.2 Å². The van der Waals surface area contributed by atoms with Crippen molar-refractivity contribution in [2.45, 2.75) is 13.5 Å². The number of non-ortho nitro benzene ring substituents is 1. The van der Waals surface area contributed by atoms with Crippen LogP contribution in [0.5, 0.6) is 11.5 Å². The molecule has 0 aromatic heterocycles. The largest absolute Gasteiger partial charge is 0.504 e. The number of anilines is 2. The predicted molar refractivity (Wildman–Crippen MR) is 103 cm³/mol. The molecular formula is C19H23N3O5. The molecule has 1 aliphatic rings. The van der Waals surface area contributed by atoms with Crippen LogP contribution in [0.4, 0.5) is 17.1 Å². The van der Waals surface area contributed by atoms with Crippen molar-refractivity contribution in [2.75, 3.05) is 43.1 Å². The lowest BCUT2D eigenvalue weighted by molar-refractivity contribution is -0.385. The second-order valence-corrected chi connectivity index (χ2v) is 6.14. The number of nitro benzene ring substituents is 1. The Bertz CT molecular complexity index is 789. The lowest BCUT2D eigenvalue weighted by Crippen LogP contribution is -2.36. The number of rotatable bonds is 7. The normalized spacial score (nSPS) is 14.0. The summed E-state index contributed by atoms with van der Waals surface area (Å²) in [6.45, 7) is 5.51. The van der Waals surface area contributed by atoms with E-state index in [2.05, 4.69) is 10.2 Å². The number of aromatic hydroxyl groups is 1. The van der Waals surface area contributed by atoms with E-state index < -0.39 is 4.92 Å². The molecule has 0 amide bonds. The molecule has 2 aromatic rings. The molecule has 2 aromatic carbocycles. The van der Waals surface area contributed by atoms with Gasteiger partial charge in [0, 0.05) is 42.6 Å². The van der Waals surface area contributed by atoms with Crippen molar-refractivity contribution in [2.24, 2.45) is 0 Å². The van der Waals surface area contributed by atoms with Gasteiger partial charge in [-0.2, -0.15) is 0 Å². The van der Waals surface area contributed by atoms with Gasteiger partial charge >= 0.3 is 0 Å². The maximum atomic E-state index is 11.1. The van der Waals surface area contributed by atoms with Gasteiger partial charge in [-0.15, -0.1) is 0 Å². The lowest BCUT2D eigenvalue weighted by atomic mass is 10.1. The van der Waals surface area contributed by atoms with E-state index in [1.165, 1.54) is 12.1 Å². The van der Waals surface area contributed by atoms with E-state index in [0.717, 1.165) is 37.7 Å². The van der Waals surface area contributed by atoms with Crippen LogP contribution in [0.1, 0.15) is 12.5 Å². The van der Waals surface area contributed by atoms with E-state index in [1.807, 2.05) is 24.3 Å². The molecular weight excluding hydrogens is 350 g/mol. The maximum Gasteiger partial charge on any atom is 0.273 e. The number of nitro groups is 1.